The maximum absolute atomic E-state index is 12.1. The molecule has 0 aliphatic carbocycles. The van der Waals surface area contributed by atoms with E-state index in [1.54, 1.807) is 35.6 Å². The standard InChI is InChI=1S/C12H11ClO2S2.CH4/c1-9-10(6-7-16-9)8-17(14,15)12-4-2-11(13)3-5-12;/h2-7H,8H2,1H3;1H4. The maximum Gasteiger partial charge on any atom is 0.182 e. The topological polar surface area (TPSA) is 34.1 Å². The van der Waals surface area contributed by atoms with Crippen LogP contribution >= 0.6 is 22.9 Å². The van der Waals surface area contributed by atoms with Crippen LogP contribution in [0.3, 0.4) is 0 Å². The van der Waals surface area contributed by atoms with E-state index in [0.717, 1.165) is 10.4 Å². The van der Waals surface area contributed by atoms with E-state index in [-0.39, 0.29) is 13.2 Å². The van der Waals surface area contributed by atoms with Gasteiger partial charge in [-0.3, -0.25) is 0 Å². The number of halogens is 1. The van der Waals surface area contributed by atoms with Gasteiger partial charge in [-0.05, 0) is 48.2 Å². The Kier molecular flexibility index (Phi) is 4.96. The van der Waals surface area contributed by atoms with Crippen molar-refractivity contribution >= 4 is 32.8 Å². The average molecular weight is 303 g/mol. The minimum absolute atomic E-state index is 0. The highest BCUT2D eigenvalue weighted by Crippen LogP contribution is 2.22. The molecule has 0 amide bonds. The predicted octanol–water partition coefficient (Wildman–Crippen LogP) is 4.32. The molecule has 1 aromatic heterocycles. The van der Waals surface area contributed by atoms with Crippen LogP contribution in [0.5, 0.6) is 0 Å². The van der Waals surface area contributed by atoms with Crippen LogP contribution in [0.25, 0.3) is 0 Å². The SMILES string of the molecule is C.Cc1sccc1CS(=O)(=O)c1ccc(Cl)cc1. The smallest absolute Gasteiger partial charge is 0.182 e. The van der Waals surface area contributed by atoms with Crippen LogP contribution in [0, 0.1) is 6.92 Å². The van der Waals surface area contributed by atoms with Gasteiger partial charge < -0.3 is 0 Å². The summed E-state index contributed by atoms with van der Waals surface area (Å²) in [5.74, 6) is 0.0456. The number of aryl methyl sites for hydroxylation is 1. The Morgan fingerprint density at radius 2 is 1.78 bits per heavy atom. The molecular weight excluding hydrogens is 288 g/mol. The maximum atomic E-state index is 12.1. The summed E-state index contributed by atoms with van der Waals surface area (Å²) in [5.41, 5.74) is 0.866. The normalized spacial score (nSPS) is 11.0. The van der Waals surface area contributed by atoms with Gasteiger partial charge in [-0.15, -0.1) is 11.3 Å². The van der Waals surface area contributed by atoms with Gasteiger partial charge in [0.2, 0.25) is 0 Å². The van der Waals surface area contributed by atoms with Gasteiger partial charge in [-0.2, -0.15) is 0 Å². The first-order valence-electron chi connectivity index (χ1n) is 5.00. The first-order chi connectivity index (χ1) is 7.99. The monoisotopic (exact) mass is 302 g/mol. The highest BCUT2D eigenvalue weighted by atomic mass is 35.5. The van der Waals surface area contributed by atoms with Crippen LogP contribution in [0.2, 0.25) is 5.02 Å². The van der Waals surface area contributed by atoms with Crippen molar-refractivity contribution in [3.63, 3.8) is 0 Å². The summed E-state index contributed by atoms with van der Waals surface area (Å²) in [7, 11) is -3.27. The molecule has 0 radical (unpaired) electrons. The van der Waals surface area contributed by atoms with Crippen LogP contribution in [0.1, 0.15) is 17.9 Å². The minimum atomic E-state index is -3.27. The molecule has 2 aromatic rings. The van der Waals surface area contributed by atoms with Crippen LogP contribution in [-0.2, 0) is 15.6 Å². The Morgan fingerprint density at radius 1 is 1.17 bits per heavy atom. The lowest BCUT2D eigenvalue weighted by atomic mass is 10.3. The van der Waals surface area contributed by atoms with Crippen LogP contribution in [0.15, 0.2) is 40.6 Å². The molecule has 0 saturated carbocycles. The van der Waals surface area contributed by atoms with E-state index in [4.69, 9.17) is 11.6 Å². The molecule has 0 unspecified atom stereocenters. The van der Waals surface area contributed by atoms with Gasteiger partial charge in [-0.1, -0.05) is 19.0 Å². The number of benzene rings is 1. The third kappa shape index (κ3) is 3.34. The molecule has 5 heteroatoms. The first-order valence-corrected chi connectivity index (χ1v) is 7.91. The van der Waals surface area contributed by atoms with Gasteiger partial charge in [0.25, 0.3) is 0 Å². The van der Waals surface area contributed by atoms with Crippen molar-refractivity contribution in [2.24, 2.45) is 0 Å². The summed E-state index contributed by atoms with van der Waals surface area (Å²) in [6.45, 7) is 1.93. The molecule has 1 aromatic carbocycles. The minimum Gasteiger partial charge on any atom is -0.223 e. The molecule has 0 spiro atoms. The zero-order valence-electron chi connectivity index (χ0n) is 9.18. The van der Waals surface area contributed by atoms with E-state index < -0.39 is 9.84 Å². The quantitative estimate of drug-likeness (QED) is 0.846. The molecule has 0 aliphatic heterocycles. The Bertz CT molecular complexity index is 613. The summed E-state index contributed by atoms with van der Waals surface area (Å²) < 4.78 is 24.2. The second kappa shape index (κ2) is 5.87. The number of thiophene rings is 1. The lowest BCUT2D eigenvalue weighted by Crippen LogP contribution is -2.04. The van der Waals surface area contributed by atoms with Crippen LogP contribution in [-0.4, -0.2) is 8.42 Å². The van der Waals surface area contributed by atoms with Crippen molar-refractivity contribution in [2.45, 2.75) is 25.0 Å². The third-order valence-corrected chi connectivity index (χ3v) is 5.31. The van der Waals surface area contributed by atoms with Gasteiger partial charge in [-0.25, -0.2) is 8.42 Å². The van der Waals surface area contributed by atoms with E-state index in [9.17, 15) is 8.42 Å². The van der Waals surface area contributed by atoms with Gasteiger partial charge >= 0.3 is 0 Å². The molecule has 0 atom stereocenters. The van der Waals surface area contributed by atoms with E-state index >= 15 is 0 Å². The van der Waals surface area contributed by atoms with Crippen LogP contribution in [0.4, 0.5) is 0 Å². The van der Waals surface area contributed by atoms with Crippen molar-refractivity contribution in [3.05, 3.63) is 51.2 Å². The molecule has 1 heterocycles. The lowest BCUT2D eigenvalue weighted by Gasteiger charge is -2.04. The Hall–Kier alpha value is -0.840. The van der Waals surface area contributed by atoms with E-state index in [0.29, 0.717) is 9.92 Å². The number of rotatable bonds is 3. The van der Waals surface area contributed by atoms with E-state index in [1.807, 2.05) is 18.4 Å². The van der Waals surface area contributed by atoms with Crippen molar-refractivity contribution in [2.75, 3.05) is 0 Å². The molecule has 2 rings (SSSR count). The van der Waals surface area contributed by atoms with E-state index in [2.05, 4.69) is 0 Å². The number of hydrogen-bond donors (Lipinski definition) is 0. The molecule has 0 saturated heterocycles. The predicted molar refractivity (Wildman–Crippen MR) is 78.1 cm³/mol. The summed E-state index contributed by atoms with van der Waals surface area (Å²) in [4.78, 5) is 1.36. The zero-order chi connectivity index (χ0) is 12.5. The van der Waals surface area contributed by atoms with Crippen molar-refractivity contribution in [1.82, 2.24) is 0 Å². The molecule has 0 fully saturated rings. The molecule has 2 nitrogen and oxygen atoms in total. The van der Waals surface area contributed by atoms with E-state index in [1.165, 1.54) is 0 Å². The fraction of sp³-hybridized carbons (Fsp3) is 0.231. The van der Waals surface area contributed by atoms with Gasteiger partial charge in [0.15, 0.2) is 9.84 Å². The summed E-state index contributed by atoms with van der Waals surface area (Å²) in [6, 6.07) is 8.12. The second-order valence-corrected chi connectivity index (χ2v) is 7.26. The fourth-order valence-electron chi connectivity index (χ4n) is 1.49. The Balaban J connectivity index is 0.00000162. The molecule has 0 bridgehead atoms. The van der Waals surface area contributed by atoms with Gasteiger partial charge in [0.05, 0.1) is 10.6 Å². The first kappa shape index (κ1) is 15.2. The van der Waals surface area contributed by atoms with Crippen LogP contribution < -0.4 is 0 Å². The second-order valence-electron chi connectivity index (χ2n) is 3.72. The zero-order valence-corrected chi connectivity index (χ0v) is 11.6. The van der Waals surface area contributed by atoms with Crippen molar-refractivity contribution < 1.29 is 8.42 Å². The Labute approximate surface area is 117 Å². The highest BCUT2D eigenvalue weighted by Gasteiger charge is 2.16. The molecule has 18 heavy (non-hydrogen) atoms. The largest absolute Gasteiger partial charge is 0.223 e. The summed E-state index contributed by atoms with van der Waals surface area (Å²) in [5, 5.41) is 2.44. The Morgan fingerprint density at radius 3 is 2.28 bits per heavy atom. The van der Waals surface area contributed by atoms with Gasteiger partial charge in [0, 0.05) is 9.90 Å². The molecule has 98 valence electrons. The lowest BCUT2D eigenvalue weighted by molar-refractivity contribution is 0.595. The van der Waals surface area contributed by atoms with Crippen molar-refractivity contribution in [1.29, 1.82) is 0 Å². The molecule has 0 N–H and O–H groups in total. The molecular formula is C13H15ClO2S2. The van der Waals surface area contributed by atoms with Gasteiger partial charge in [0.1, 0.15) is 0 Å². The number of hydrogen-bond acceptors (Lipinski definition) is 3. The van der Waals surface area contributed by atoms with Crippen molar-refractivity contribution in [3.8, 4) is 0 Å². The number of sulfone groups is 1. The third-order valence-electron chi connectivity index (χ3n) is 2.48. The highest BCUT2D eigenvalue weighted by molar-refractivity contribution is 7.90. The molecule has 0 aliphatic rings. The fourth-order valence-corrected chi connectivity index (χ4v) is 3.88. The summed E-state index contributed by atoms with van der Waals surface area (Å²) in [6.07, 6.45) is 0. The summed E-state index contributed by atoms with van der Waals surface area (Å²) >= 11 is 7.29. The average Bonchev–Trinajstić information content (AvgIpc) is 2.64.